The fraction of sp³-hybridized carbons (Fsp3) is 0.529. The summed E-state index contributed by atoms with van der Waals surface area (Å²) in [6.07, 6.45) is 3.21. The molecule has 1 saturated carbocycles. The summed E-state index contributed by atoms with van der Waals surface area (Å²) in [6.45, 7) is 3.92. The van der Waals surface area contributed by atoms with Gasteiger partial charge in [0, 0.05) is 6.04 Å². The number of esters is 1. The van der Waals surface area contributed by atoms with Gasteiger partial charge in [-0.1, -0.05) is 38.8 Å². The van der Waals surface area contributed by atoms with E-state index in [1.807, 2.05) is 0 Å². The Morgan fingerprint density at radius 2 is 2.00 bits per heavy atom. The molecule has 0 bridgehead atoms. The van der Waals surface area contributed by atoms with E-state index in [0.717, 1.165) is 12.8 Å². The van der Waals surface area contributed by atoms with Crippen molar-refractivity contribution in [3.8, 4) is 0 Å². The van der Waals surface area contributed by atoms with Gasteiger partial charge in [-0.3, -0.25) is 4.79 Å². The molecule has 5 heteroatoms. The van der Waals surface area contributed by atoms with Crippen molar-refractivity contribution >= 4 is 11.9 Å². The highest BCUT2D eigenvalue weighted by atomic mass is 19.1. The lowest BCUT2D eigenvalue weighted by atomic mass is 9.78. The lowest BCUT2D eigenvalue weighted by Gasteiger charge is -2.34. The summed E-state index contributed by atoms with van der Waals surface area (Å²) < 4.78 is 18.3. The largest absolute Gasteiger partial charge is 0.452 e. The molecule has 1 aromatic carbocycles. The predicted octanol–water partition coefficient (Wildman–Crippen LogP) is 2.92. The molecule has 1 aliphatic rings. The Bertz CT molecular complexity index is 546. The minimum absolute atomic E-state index is 0.114. The van der Waals surface area contributed by atoms with Crippen molar-refractivity contribution < 1.29 is 18.7 Å². The number of benzene rings is 1. The van der Waals surface area contributed by atoms with E-state index in [0.29, 0.717) is 11.8 Å². The van der Waals surface area contributed by atoms with Gasteiger partial charge in [0.05, 0.1) is 5.56 Å². The van der Waals surface area contributed by atoms with Crippen LogP contribution in [0, 0.1) is 17.7 Å². The second-order valence-electron chi connectivity index (χ2n) is 6.00. The molecule has 1 N–H and O–H groups in total. The summed E-state index contributed by atoms with van der Waals surface area (Å²) in [5.74, 6) is -0.837. The molecule has 0 unspecified atom stereocenters. The summed E-state index contributed by atoms with van der Waals surface area (Å²) in [5, 5.41) is 2.91. The number of hydrogen-bond acceptors (Lipinski definition) is 3. The summed E-state index contributed by atoms with van der Waals surface area (Å²) in [5.41, 5.74) is -0.157. The number of ether oxygens (including phenoxy) is 1. The van der Waals surface area contributed by atoms with Crippen molar-refractivity contribution in [1.29, 1.82) is 0 Å². The Morgan fingerprint density at radius 3 is 2.73 bits per heavy atom. The Hall–Kier alpha value is -1.91. The summed E-state index contributed by atoms with van der Waals surface area (Å²) >= 11 is 0. The highest BCUT2D eigenvalue weighted by molar-refractivity contribution is 5.91. The molecule has 1 aromatic rings. The molecule has 0 spiro atoms. The zero-order valence-corrected chi connectivity index (χ0v) is 13.0. The van der Waals surface area contributed by atoms with Crippen molar-refractivity contribution in [3.63, 3.8) is 0 Å². The van der Waals surface area contributed by atoms with Gasteiger partial charge in [0.25, 0.3) is 5.91 Å². The highest BCUT2D eigenvalue weighted by Gasteiger charge is 2.28. The smallest absolute Gasteiger partial charge is 0.341 e. The maximum Gasteiger partial charge on any atom is 0.341 e. The number of halogens is 1. The first-order valence-corrected chi connectivity index (χ1v) is 7.70. The topological polar surface area (TPSA) is 55.4 Å². The molecule has 1 fully saturated rings. The van der Waals surface area contributed by atoms with E-state index < -0.39 is 11.8 Å². The van der Waals surface area contributed by atoms with Crippen LogP contribution in [0.25, 0.3) is 0 Å². The first-order chi connectivity index (χ1) is 10.5. The van der Waals surface area contributed by atoms with Gasteiger partial charge in [-0.25, -0.2) is 9.18 Å². The van der Waals surface area contributed by atoms with Gasteiger partial charge in [-0.2, -0.15) is 0 Å². The van der Waals surface area contributed by atoms with Gasteiger partial charge in [-0.15, -0.1) is 0 Å². The van der Waals surface area contributed by atoms with Gasteiger partial charge in [0.2, 0.25) is 0 Å². The molecule has 0 saturated heterocycles. The van der Waals surface area contributed by atoms with Crippen LogP contribution in [0.3, 0.4) is 0 Å². The van der Waals surface area contributed by atoms with E-state index >= 15 is 0 Å². The fourth-order valence-corrected chi connectivity index (χ4v) is 2.87. The molecule has 0 aliphatic heterocycles. The summed E-state index contributed by atoms with van der Waals surface area (Å²) in [4.78, 5) is 23.6. The number of nitrogens with one attached hydrogen (secondary N) is 1. The molecular weight excluding hydrogens is 285 g/mol. The Kier molecular flexibility index (Phi) is 5.52. The van der Waals surface area contributed by atoms with Crippen LogP contribution in [0.1, 0.15) is 43.5 Å². The number of hydrogen-bond donors (Lipinski definition) is 1. The van der Waals surface area contributed by atoms with E-state index in [1.54, 1.807) is 6.07 Å². The average molecular weight is 307 g/mol. The third-order valence-electron chi connectivity index (χ3n) is 4.48. The molecule has 0 aromatic heterocycles. The minimum Gasteiger partial charge on any atom is -0.452 e. The molecule has 1 amide bonds. The van der Waals surface area contributed by atoms with Crippen LogP contribution in [0.5, 0.6) is 0 Å². The SMILES string of the molecule is C[C@@H]1[C@@H](C)CCC[C@H]1NC(=O)COC(=O)c1ccccc1F. The van der Waals surface area contributed by atoms with Crippen molar-refractivity contribution in [2.75, 3.05) is 6.61 Å². The molecule has 2 rings (SSSR count). The second kappa shape index (κ2) is 7.38. The number of carbonyl (C=O) groups excluding carboxylic acids is 2. The van der Waals surface area contributed by atoms with Crippen LogP contribution in [0.4, 0.5) is 4.39 Å². The predicted molar refractivity (Wildman–Crippen MR) is 80.8 cm³/mol. The zero-order chi connectivity index (χ0) is 16.1. The van der Waals surface area contributed by atoms with E-state index in [1.165, 1.54) is 24.6 Å². The Morgan fingerprint density at radius 1 is 1.27 bits per heavy atom. The standard InChI is InChI=1S/C17H22FNO3/c1-11-6-5-9-15(12(11)2)19-16(20)10-22-17(21)13-7-3-4-8-14(13)18/h3-4,7-8,11-12,15H,5-6,9-10H2,1-2H3,(H,19,20)/t11-,12+,15+/m0/s1. The monoisotopic (exact) mass is 307 g/mol. The van der Waals surface area contributed by atoms with E-state index in [9.17, 15) is 14.0 Å². The summed E-state index contributed by atoms with van der Waals surface area (Å²) in [7, 11) is 0. The van der Waals surface area contributed by atoms with Gasteiger partial charge in [0.1, 0.15) is 5.82 Å². The summed E-state index contributed by atoms with van der Waals surface area (Å²) in [6, 6.07) is 5.67. The molecule has 3 atom stereocenters. The lowest BCUT2D eigenvalue weighted by molar-refractivity contribution is -0.125. The van der Waals surface area contributed by atoms with Crippen LogP contribution in [-0.4, -0.2) is 24.5 Å². The van der Waals surface area contributed by atoms with Gasteiger partial charge in [-0.05, 0) is 30.4 Å². The molecule has 1 aliphatic carbocycles. The van der Waals surface area contributed by atoms with Crippen LogP contribution in [0.15, 0.2) is 24.3 Å². The van der Waals surface area contributed by atoms with Crippen LogP contribution < -0.4 is 5.32 Å². The van der Waals surface area contributed by atoms with Crippen molar-refractivity contribution in [1.82, 2.24) is 5.32 Å². The van der Waals surface area contributed by atoms with Crippen LogP contribution in [-0.2, 0) is 9.53 Å². The van der Waals surface area contributed by atoms with Crippen molar-refractivity contribution in [2.24, 2.45) is 11.8 Å². The van der Waals surface area contributed by atoms with Gasteiger partial charge >= 0.3 is 5.97 Å². The maximum atomic E-state index is 13.4. The lowest BCUT2D eigenvalue weighted by Crippen LogP contribution is -2.45. The van der Waals surface area contributed by atoms with Gasteiger partial charge < -0.3 is 10.1 Å². The van der Waals surface area contributed by atoms with Crippen molar-refractivity contribution in [2.45, 2.75) is 39.2 Å². The van der Waals surface area contributed by atoms with E-state index in [4.69, 9.17) is 4.74 Å². The van der Waals surface area contributed by atoms with E-state index in [-0.39, 0.29) is 24.1 Å². The number of carbonyl (C=O) groups is 2. The van der Waals surface area contributed by atoms with E-state index in [2.05, 4.69) is 19.2 Å². The minimum atomic E-state index is -0.821. The molecule has 120 valence electrons. The number of rotatable bonds is 4. The Balaban J connectivity index is 1.83. The van der Waals surface area contributed by atoms with Crippen molar-refractivity contribution in [3.05, 3.63) is 35.6 Å². The highest BCUT2D eigenvalue weighted by Crippen LogP contribution is 2.29. The molecule has 0 heterocycles. The normalized spacial score (nSPS) is 24.6. The third kappa shape index (κ3) is 4.06. The average Bonchev–Trinajstić information content (AvgIpc) is 2.50. The second-order valence-corrected chi connectivity index (χ2v) is 6.00. The fourth-order valence-electron chi connectivity index (χ4n) is 2.87. The molecule has 22 heavy (non-hydrogen) atoms. The molecule has 4 nitrogen and oxygen atoms in total. The third-order valence-corrected chi connectivity index (χ3v) is 4.48. The first kappa shape index (κ1) is 16.5. The molecular formula is C17H22FNO3. The van der Waals surface area contributed by atoms with Crippen LogP contribution in [0.2, 0.25) is 0 Å². The Labute approximate surface area is 130 Å². The zero-order valence-electron chi connectivity index (χ0n) is 13.0. The first-order valence-electron chi connectivity index (χ1n) is 7.70. The number of amides is 1. The maximum absolute atomic E-state index is 13.4. The van der Waals surface area contributed by atoms with Gasteiger partial charge in [0.15, 0.2) is 6.61 Å². The molecule has 0 radical (unpaired) electrons. The van der Waals surface area contributed by atoms with Crippen LogP contribution >= 0.6 is 0 Å². The quantitative estimate of drug-likeness (QED) is 0.870.